The summed E-state index contributed by atoms with van der Waals surface area (Å²) in [6.45, 7) is 6.35. The Labute approximate surface area is 188 Å². The molecule has 0 amide bonds. The lowest BCUT2D eigenvalue weighted by Gasteiger charge is -2.09. The largest absolute Gasteiger partial charge is 0.343 e. The number of pyridine rings is 1. The van der Waals surface area contributed by atoms with Crippen molar-refractivity contribution in [3.8, 4) is 11.3 Å². The van der Waals surface area contributed by atoms with Crippen LogP contribution in [0.5, 0.6) is 0 Å². The predicted octanol–water partition coefficient (Wildman–Crippen LogP) is 6.76. The summed E-state index contributed by atoms with van der Waals surface area (Å²) in [7, 11) is 2.11. The first kappa shape index (κ1) is 20.0. The molecule has 158 valence electrons. The van der Waals surface area contributed by atoms with Crippen LogP contribution in [0.3, 0.4) is 0 Å². The quantitative estimate of drug-likeness (QED) is 0.259. The number of hydrazone groups is 1. The molecule has 4 nitrogen and oxygen atoms in total. The van der Waals surface area contributed by atoms with Gasteiger partial charge < -0.3 is 4.57 Å². The number of hydrogen-bond donors (Lipinski definition) is 1. The molecule has 4 heteroatoms. The Morgan fingerprint density at radius 2 is 1.59 bits per heavy atom. The number of aromatic nitrogens is 2. The van der Waals surface area contributed by atoms with Crippen LogP contribution in [0, 0.1) is 20.8 Å². The van der Waals surface area contributed by atoms with E-state index >= 15 is 0 Å². The van der Waals surface area contributed by atoms with Crippen molar-refractivity contribution in [1.29, 1.82) is 0 Å². The van der Waals surface area contributed by atoms with Crippen LogP contribution in [0.4, 0.5) is 5.82 Å². The van der Waals surface area contributed by atoms with Crippen molar-refractivity contribution in [3.05, 3.63) is 95.1 Å². The van der Waals surface area contributed by atoms with E-state index in [9.17, 15) is 0 Å². The second kappa shape index (κ2) is 7.97. The number of fused-ring (bicyclic) bond motifs is 2. The van der Waals surface area contributed by atoms with Crippen LogP contribution in [0.15, 0.2) is 77.9 Å². The SMILES string of the molecule is Cc1cc(C)c2nc(NN=Cc3c(-c4ccccc4)n(C)c4ccccc34)cc(C)c2c1. The van der Waals surface area contributed by atoms with Crippen molar-refractivity contribution in [1.82, 2.24) is 9.55 Å². The molecule has 1 N–H and O–H groups in total. The van der Waals surface area contributed by atoms with Gasteiger partial charge in [-0.15, -0.1) is 0 Å². The molecule has 0 aliphatic rings. The Kier molecular flexibility index (Phi) is 4.98. The van der Waals surface area contributed by atoms with E-state index < -0.39 is 0 Å². The molecular formula is C28H26N4. The Hall–Kier alpha value is -3.92. The van der Waals surface area contributed by atoms with Crippen LogP contribution in [-0.4, -0.2) is 15.8 Å². The van der Waals surface area contributed by atoms with Crippen molar-refractivity contribution in [2.45, 2.75) is 20.8 Å². The van der Waals surface area contributed by atoms with Gasteiger partial charge >= 0.3 is 0 Å². The highest BCUT2D eigenvalue weighted by Crippen LogP contribution is 2.32. The monoisotopic (exact) mass is 418 g/mol. The van der Waals surface area contributed by atoms with Crippen molar-refractivity contribution in [2.75, 3.05) is 5.43 Å². The Morgan fingerprint density at radius 1 is 0.844 bits per heavy atom. The number of nitrogens with zero attached hydrogens (tertiary/aromatic N) is 3. The average molecular weight is 419 g/mol. The van der Waals surface area contributed by atoms with Crippen molar-refractivity contribution in [2.24, 2.45) is 12.1 Å². The number of aryl methyl sites for hydroxylation is 4. The van der Waals surface area contributed by atoms with Crippen molar-refractivity contribution < 1.29 is 0 Å². The van der Waals surface area contributed by atoms with Crippen LogP contribution in [0.2, 0.25) is 0 Å². The molecule has 5 aromatic rings. The zero-order valence-corrected chi connectivity index (χ0v) is 18.8. The van der Waals surface area contributed by atoms with Gasteiger partial charge in [0, 0.05) is 28.9 Å². The fourth-order valence-electron chi connectivity index (χ4n) is 4.56. The maximum absolute atomic E-state index is 4.83. The maximum Gasteiger partial charge on any atom is 0.147 e. The summed E-state index contributed by atoms with van der Waals surface area (Å²) in [6, 6.07) is 25.3. The lowest BCUT2D eigenvalue weighted by molar-refractivity contribution is 0.977. The summed E-state index contributed by atoms with van der Waals surface area (Å²) in [5.74, 6) is 0.750. The molecule has 3 aromatic carbocycles. The molecule has 0 spiro atoms. The van der Waals surface area contributed by atoms with Crippen molar-refractivity contribution >= 4 is 33.8 Å². The van der Waals surface area contributed by atoms with Crippen LogP contribution in [0.1, 0.15) is 22.3 Å². The molecule has 2 aromatic heterocycles. The van der Waals surface area contributed by atoms with E-state index in [1.54, 1.807) is 0 Å². The first-order valence-corrected chi connectivity index (χ1v) is 10.8. The molecule has 0 bridgehead atoms. The molecule has 0 aliphatic heterocycles. The van der Waals surface area contributed by atoms with E-state index in [0.29, 0.717) is 0 Å². The maximum atomic E-state index is 4.83. The van der Waals surface area contributed by atoms with Gasteiger partial charge in [-0.2, -0.15) is 5.10 Å². The average Bonchev–Trinajstić information content (AvgIpc) is 3.07. The van der Waals surface area contributed by atoms with Gasteiger partial charge in [-0.1, -0.05) is 60.2 Å². The lowest BCUT2D eigenvalue weighted by atomic mass is 10.0. The number of benzene rings is 3. The fourth-order valence-corrected chi connectivity index (χ4v) is 4.56. The Bertz CT molecular complexity index is 1480. The molecule has 0 saturated carbocycles. The number of para-hydroxylation sites is 1. The van der Waals surface area contributed by atoms with Gasteiger partial charge in [-0.3, -0.25) is 5.43 Å². The van der Waals surface area contributed by atoms with Gasteiger partial charge in [0.25, 0.3) is 0 Å². The van der Waals surface area contributed by atoms with E-state index in [0.717, 1.165) is 22.6 Å². The third kappa shape index (κ3) is 3.44. The van der Waals surface area contributed by atoms with E-state index in [-0.39, 0.29) is 0 Å². The summed E-state index contributed by atoms with van der Waals surface area (Å²) < 4.78 is 2.23. The summed E-state index contributed by atoms with van der Waals surface area (Å²) >= 11 is 0. The van der Waals surface area contributed by atoms with Gasteiger partial charge in [0.2, 0.25) is 0 Å². The Balaban J connectivity index is 1.56. The molecule has 32 heavy (non-hydrogen) atoms. The molecule has 0 radical (unpaired) electrons. The number of nitrogens with one attached hydrogen (secondary N) is 1. The van der Waals surface area contributed by atoms with Crippen LogP contribution >= 0.6 is 0 Å². The molecule has 5 rings (SSSR count). The van der Waals surface area contributed by atoms with Gasteiger partial charge in [0.1, 0.15) is 5.82 Å². The number of anilines is 1. The number of hydrogen-bond acceptors (Lipinski definition) is 3. The van der Waals surface area contributed by atoms with E-state index in [1.165, 1.54) is 38.5 Å². The van der Waals surface area contributed by atoms with Gasteiger partial charge in [0.05, 0.1) is 17.4 Å². The topological polar surface area (TPSA) is 42.2 Å². The molecule has 0 fully saturated rings. The number of rotatable bonds is 4. The van der Waals surface area contributed by atoms with E-state index in [1.807, 2.05) is 12.3 Å². The van der Waals surface area contributed by atoms with E-state index in [4.69, 9.17) is 4.98 Å². The lowest BCUT2D eigenvalue weighted by Crippen LogP contribution is -1.98. The van der Waals surface area contributed by atoms with Crippen LogP contribution in [-0.2, 0) is 7.05 Å². The third-order valence-corrected chi connectivity index (χ3v) is 6.02. The second-order valence-corrected chi connectivity index (χ2v) is 8.38. The summed E-state index contributed by atoms with van der Waals surface area (Å²) in [5, 5.41) is 6.97. The molecule has 0 saturated heterocycles. The predicted molar refractivity (Wildman–Crippen MR) is 136 cm³/mol. The van der Waals surface area contributed by atoms with Crippen molar-refractivity contribution in [3.63, 3.8) is 0 Å². The van der Waals surface area contributed by atoms with E-state index in [2.05, 4.69) is 110 Å². The Morgan fingerprint density at radius 3 is 2.41 bits per heavy atom. The molecular weight excluding hydrogens is 392 g/mol. The second-order valence-electron chi connectivity index (χ2n) is 8.38. The van der Waals surface area contributed by atoms with Gasteiger partial charge in [-0.05, 0) is 55.7 Å². The highest BCUT2D eigenvalue weighted by Gasteiger charge is 2.15. The first-order valence-electron chi connectivity index (χ1n) is 10.8. The first-order chi connectivity index (χ1) is 15.5. The minimum absolute atomic E-state index is 0.750. The van der Waals surface area contributed by atoms with Gasteiger partial charge in [-0.25, -0.2) is 4.98 Å². The minimum atomic E-state index is 0.750. The molecule has 0 unspecified atom stereocenters. The third-order valence-electron chi connectivity index (χ3n) is 6.02. The smallest absolute Gasteiger partial charge is 0.147 e. The standard InChI is InChI=1S/C28H26N4/c1-18-14-20(3)27-23(15-18)19(2)16-26(30-27)31-29-17-24-22-12-8-9-13-25(22)32(4)28(24)21-10-6-5-7-11-21/h5-17H,1-4H3,(H,30,31). The zero-order valence-electron chi connectivity index (χ0n) is 18.8. The summed E-state index contributed by atoms with van der Waals surface area (Å²) in [4.78, 5) is 4.83. The summed E-state index contributed by atoms with van der Waals surface area (Å²) in [6.07, 6.45) is 1.91. The normalized spacial score (nSPS) is 11.6. The minimum Gasteiger partial charge on any atom is -0.343 e. The highest BCUT2D eigenvalue weighted by molar-refractivity contribution is 6.06. The van der Waals surface area contributed by atoms with Gasteiger partial charge in [0.15, 0.2) is 0 Å². The fraction of sp³-hybridized carbons (Fsp3) is 0.143. The molecule has 0 atom stereocenters. The zero-order chi connectivity index (χ0) is 22.2. The highest BCUT2D eigenvalue weighted by atomic mass is 15.3. The van der Waals surface area contributed by atoms with Crippen LogP contribution < -0.4 is 5.43 Å². The summed E-state index contributed by atoms with van der Waals surface area (Å²) in [5.41, 5.74) is 12.4. The van der Waals surface area contributed by atoms with Crippen LogP contribution in [0.25, 0.3) is 33.1 Å². The molecule has 0 aliphatic carbocycles. The molecule has 2 heterocycles.